The molecule has 1 fully saturated rings. The van der Waals surface area contributed by atoms with Crippen molar-refractivity contribution in [3.05, 3.63) is 11.4 Å². The number of carbonyl (C=O) groups excluding carboxylic acids is 2. The standard InChI is InChI=1S/C14H23N5O2/c1-3-10(20)19(16)12-11(9-7-5-4-6-8-9)17-18(2)13(12)14(15)21/h9H,3-8,16H2,1-2H3,(H2,15,21). The number of primary amides is 1. The Morgan fingerprint density at radius 2 is 1.95 bits per heavy atom. The molecule has 4 N–H and O–H groups in total. The molecule has 21 heavy (non-hydrogen) atoms. The monoisotopic (exact) mass is 293 g/mol. The van der Waals surface area contributed by atoms with Crippen LogP contribution in [0, 0.1) is 0 Å². The van der Waals surface area contributed by atoms with Crippen LogP contribution in [0.25, 0.3) is 0 Å². The van der Waals surface area contributed by atoms with Crippen LogP contribution >= 0.6 is 0 Å². The van der Waals surface area contributed by atoms with Gasteiger partial charge in [0, 0.05) is 19.4 Å². The van der Waals surface area contributed by atoms with Crippen LogP contribution in [0.15, 0.2) is 0 Å². The molecule has 116 valence electrons. The summed E-state index contributed by atoms with van der Waals surface area (Å²) in [7, 11) is 1.65. The van der Waals surface area contributed by atoms with Gasteiger partial charge in [0.1, 0.15) is 5.69 Å². The molecule has 1 aliphatic carbocycles. The maximum Gasteiger partial charge on any atom is 0.269 e. The number of anilines is 1. The number of nitrogens with zero attached hydrogens (tertiary/aromatic N) is 3. The Morgan fingerprint density at radius 3 is 2.48 bits per heavy atom. The molecule has 1 heterocycles. The van der Waals surface area contributed by atoms with E-state index in [9.17, 15) is 9.59 Å². The highest BCUT2D eigenvalue weighted by Crippen LogP contribution is 2.38. The molecule has 1 aliphatic rings. The van der Waals surface area contributed by atoms with Gasteiger partial charge in [-0.2, -0.15) is 5.10 Å². The molecule has 2 rings (SSSR count). The third-order valence-electron chi connectivity index (χ3n) is 4.09. The van der Waals surface area contributed by atoms with Crippen LogP contribution in [0.2, 0.25) is 0 Å². The van der Waals surface area contributed by atoms with Crippen LogP contribution in [-0.2, 0) is 11.8 Å². The lowest BCUT2D eigenvalue weighted by Gasteiger charge is -2.23. The lowest BCUT2D eigenvalue weighted by Crippen LogP contribution is -2.39. The minimum Gasteiger partial charge on any atom is -0.364 e. The molecular formula is C14H23N5O2. The molecule has 0 aromatic carbocycles. The highest BCUT2D eigenvalue weighted by molar-refractivity contribution is 6.03. The first-order valence-electron chi connectivity index (χ1n) is 7.41. The van der Waals surface area contributed by atoms with E-state index in [-0.39, 0.29) is 23.9 Å². The fourth-order valence-electron chi connectivity index (χ4n) is 2.99. The summed E-state index contributed by atoms with van der Waals surface area (Å²) in [5, 5.41) is 5.47. The second kappa shape index (κ2) is 6.26. The quantitative estimate of drug-likeness (QED) is 0.493. The predicted molar refractivity (Wildman–Crippen MR) is 79.5 cm³/mol. The van der Waals surface area contributed by atoms with Gasteiger partial charge < -0.3 is 5.73 Å². The summed E-state index contributed by atoms with van der Waals surface area (Å²) in [5.74, 6) is 5.27. The van der Waals surface area contributed by atoms with Gasteiger partial charge >= 0.3 is 0 Å². The van der Waals surface area contributed by atoms with Gasteiger partial charge in [0.15, 0.2) is 5.69 Å². The third-order valence-corrected chi connectivity index (χ3v) is 4.09. The number of hydrazine groups is 1. The van der Waals surface area contributed by atoms with Gasteiger partial charge in [0.25, 0.3) is 5.91 Å². The van der Waals surface area contributed by atoms with Gasteiger partial charge in [0.2, 0.25) is 5.91 Å². The van der Waals surface area contributed by atoms with E-state index in [1.54, 1.807) is 14.0 Å². The summed E-state index contributed by atoms with van der Waals surface area (Å²) in [5.41, 5.74) is 6.74. The number of carbonyl (C=O) groups is 2. The lowest BCUT2D eigenvalue weighted by molar-refractivity contribution is -0.118. The van der Waals surface area contributed by atoms with Crippen molar-refractivity contribution in [3.8, 4) is 0 Å². The van der Waals surface area contributed by atoms with Crippen molar-refractivity contribution in [1.82, 2.24) is 9.78 Å². The Kier molecular flexibility index (Phi) is 4.62. The molecular weight excluding hydrogens is 270 g/mol. The Hall–Kier alpha value is -1.89. The Balaban J connectivity index is 2.51. The fraction of sp³-hybridized carbons (Fsp3) is 0.643. The average molecular weight is 293 g/mol. The van der Waals surface area contributed by atoms with Gasteiger partial charge in [0.05, 0.1) is 5.69 Å². The number of amides is 2. The van der Waals surface area contributed by atoms with Crippen molar-refractivity contribution in [3.63, 3.8) is 0 Å². The minimum atomic E-state index is -0.624. The first-order chi connectivity index (χ1) is 9.97. The molecule has 0 atom stereocenters. The van der Waals surface area contributed by atoms with Gasteiger partial charge in [-0.25, -0.2) is 10.9 Å². The maximum absolute atomic E-state index is 11.9. The average Bonchev–Trinajstić information content (AvgIpc) is 2.84. The molecule has 0 spiro atoms. The highest BCUT2D eigenvalue weighted by atomic mass is 16.2. The molecule has 0 aliphatic heterocycles. The fourth-order valence-corrected chi connectivity index (χ4v) is 2.99. The van der Waals surface area contributed by atoms with E-state index in [4.69, 9.17) is 11.6 Å². The summed E-state index contributed by atoms with van der Waals surface area (Å²) in [6.07, 6.45) is 5.71. The van der Waals surface area contributed by atoms with Gasteiger partial charge in [-0.3, -0.25) is 14.3 Å². The molecule has 7 heteroatoms. The Bertz CT molecular complexity index is 546. The van der Waals surface area contributed by atoms with Crippen molar-refractivity contribution in [2.24, 2.45) is 18.6 Å². The largest absolute Gasteiger partial charge is 0.364 e. The molecule has 0 radical (unpaired) electrons. The van der Waals surface area contributed by atoms with Crippen LogP contribution in [0.4, 0.5) is 5.69 Å². The number of aryl methyl sites for hydroxylation is 1. The van der Waals surface area contributed by atoms with Crippen LogP contribution in [0.5, 0.6) is 0 Å². The zero-order valence-electron chi connectivity index (χ0n) is 12.6. The molecule has 1 aromatic heterocycles. The van der Waals surface area contributed by atoms with E-state index in [2.05, 4.69) is 5.10 Å². The van der Waals surface area contributed by atoms with E-state index >= 15 is 0 Å². The van der Waals surface area contributed by atoms with Gasteiger partial charge in [-0.15, -0.1) is 0 Å². The molecule has 0 unspecified atom stereocenters. The van der Waals surface area contributed by atoms with Crippen molar-refractivity contribution in [2.75, 3.05) is 5.01 Å². The van der Waals surface area contributed by atoms with E-state index in [0.29, 0.717) is 5.69 Å². The maximum atomic E-state index is 11.9. The van der Waals surface area contributed by atoms with Crippen LogP contribution in [0.3, 0.4) is 0 Å². The molecule has 0 bridgehead atoms. The molecule has 2 amide bonds. The number of rotatable bonds is 4. The number of nitrogens with two attached hydrogens (primary N) is 2. The summed E-state index contributed by atoms with van der Waals surface area (Å²) >= 11 is 0. The topological polar surface area (TPSA) is 107 Å². The normalized spacial score (nSPS) is 16.0. The Morgan fingerprint density at radius 1 is 1.33 bits per heavy atom. The van der Waals surface area contributed by atoms with Gasteiger partial charge in [-0.1, -0.05) is 26.2 Å². The first-order valence-corrected chi connectivity index (χ1v) is 7.41. The number of hydrogen-bond acceptors (Lipinski definition) is 4. The molecule has 1 saturated carbocycles. The number of aromatic nitrogens is 2. The summed E-state index contributed by atoms with van der Waals surface area (Å²) in [6, 6.07) is 0. The molecule has 7 nitrogen and oxygen atoms in total. The van der Waals surface area contributed by atoms with Crippen LogP contribution in [-0.4, -0.2) is 21.6 Å². The Labute approximate surface area is 124 Å². The summed E-state index contributed by atoms with van der Waals surface area (Å²) < 4.78 is 1.43. The minimum absolute atomic E-state index is 0.194. The van der Waals surface area contributed by atoms with Crippen LogP contribution in [0.1, 0.15) is 67.5 Å². The highest BCUT2D eigenvalue weighted by Gasteiger charge is 2.31. The second-order valence-corrected chi connectivity index (χ2v) is 5.52. The van der Waals surface area contributed by atoms with Crippen molar-refractivity contribution < 1.29 is 9.59 Å². The summed E-state index contributed by atoms with van der Waals surface area (Å²) in [4.78, 5) is 23.7. The zero-order valence-corrected chi connectivity index (χ0v) is 12.6. The first kappa shape index (κ1) is 15.5. The van der Waals surface area contributed by atoms with E-state index in [1.807, 2.05) is 0 Å². The lowest BCUT2D eigenvalue weighted by atomic mass is 9.86. The molecule has 0 saturated heterocycles. The SMILES string of the molecule is CCC(=O)N(N)c1c(C2CCCCC2)nn(C)c1C(N)=O. The van der Waals surface area contributed by atoms with Crippen molar-refractivity contribution in [1.29, 1.82) is 0 Å². The van der Waals surface area contributed by atoms with Crippen molar-refractivity contribution in [2.45, 2.75) is 51.4 Å². The summed E-state index contributed by atoms with van der Waals surface area (Å²) in [6.45, 7) is 1.72. The second-order valence-electron chi connectivity index (χ2n) is 5.52. The van der Waals surface area contributed by atoms with E-state index in [0.717, 1.165) is 36.4 Å². The molecule has 1 aromatic rings. The number of hydrogen-bond donors (Lipinski definition) is 2. The van der Waals surface area contributed by atoms with E-state index in [1.165, 1.54) is 11.1 Å². The predicted octanol–water partition coefficient (Wildman–Crippen LogP) is 1.18. The van der Waals surface area contributed by atoms with E-state index < -0.39 is 5.91 Å². The third kappa shape index (κ3) is 2.92. The van der Waals surface area contributed by atoms with Gasteiger partial charge in [-0.05, 0) is 12.8 Å². The van der Waals surface area contributed by atoms with Crippen molar-refractivity contribution >= 4 is 17.5 Å². The smallest absolute Gasteiger partial charge is 0.269 e. The van der Waals surface area contributed by atoms with Crippen LogP contribution < -0.4 is 16.6 Å². The zero-order chi connectivity index (χ0) is 15.6.